The van der Waals surface area contributed by atoms with Gasteiger partial charge in [-0.05, 0) is 36.8 Å². The molecule has 0 radical (unpaired) electrons. The molecule has 3 rings (SSSR count). The molecule has 1 N–H and O–H groups in total. The number of ether oxygens (including phenoxy) is 2. The van der Waals surface area contributed by atoms with E-state index in [9.17, 15) is 4.79 Å². The molecule has 0 saturated carbocycles. The van der Waals surface area contributed by atoms with Crippen LogP contribution >= 0.6 is 35.0 Å². The van der Waals surface area contributed by atoms with E-state index in [0.717, 1.165) is 12.2 Å². The molecule has 1 amide bonds. The summed E-state index contributed by atoms with van der Waals surface area (Å²) >= 11 is 13.3. The van der Waals surface area contributed by atoms with E-state index in [1.54, 1.807) is 31.4 Å². The molecule has 0 aliphatic heterocycles. The summed E-state index contributed by atoms with van der Waals surface area (Å²) in [6.07, 6.45) is 1.43. The first-order valence-electron chi connectivity index (χ1n) is 9.49. The lowest BCUT2D eigenvalue weighted by atomic mass is 10.3. The predicted octanol–water partition coefficient (Wildman–Crippen LogP) is 4.87. The highest BCUT2D eigenvalue weighted by atomic mass is 35.5. The maximum atomic E-state index is 12.2. The average Bonchev–Trinajstić information content (AvgIpc) is 3.10. The predicted molar refractivity (Wildman–Crippen MR) is 124 cm³/mol. The van der Waals surface area contributed by atoms with E-state index in [-0.39, 0.29) is 11.7 Å². The summed E-state index contributed by atoms with van der Waals surface area (Å²) in [6.45, 7) is 0.486. The molecule has 0 aliphatic carbocycles. The third-order valence-corrected chi connectivity index (χ3v) is 5.86. The average molecular weight is 481 g/mol. The van der Waals surface area contributed by atoms with Crippen LogP contribution in [0.1, 0.15) is 12.2 Å². The SMILES string of the molecule is COc1cccc(NC(=O)CSc2nnc(CCCOc3ccc(Cl)cc3Cl)n2C)c1. The Balaban J connectivity index is 1.44. The lowest BCUT2D eigenvalue weighted by molar-refractivity contribution is -0.113. The fourth-order valence-corrected chi connectivity index (χ4v) is 3.91. The van der Waals surface area contributed by atoms with Crippen LogP contribution in [0.2, 0.25) is 10.0 Å². The number of nitrogens with zero attached hydrogens (tertiary/aromatic N) is 3. The van der Waals surface area contributed by atoms with E-state index in [2.05, 4.69) is 15.5 Å². The van der Waals surface area contributed by atoms with Gasteiger partial charge in [0.25, 0.3) is 0 Å². The van der Waals surface area contributed by atoms with Gasteiger partial charge in [-0.25, -0.2) is 0 Å². The van der Waals surface area contributed by atoms with Crippen molar-refractivity contribution < 1.29 is 14.3 Å². The van der Waals surface area contributed by atoms with Crippen LogP contribution in [0, 0.1) is 0 Å². The van der Waals surface area contributed by atoms with Gasteiger partial charge in [-0.15, -0.1) is 10.2 Å². The number of rotatable bonds is 10. The maximum absolute atomic E-state index is 12.2. The number of thioether (sulfide) groups is 1. The van der Waals surface area contributed by atoms with Gasteiger partial charge in [-0.2, -0.15) is 0 Å². The van der Waals surface area contributed by atoms with Crippen molar-refractivity contribution in [3.8, 4) is 11.5 Å². The quantitative estimate of drug-likeness (QED) is 0.329. The van der Waals surface area contributed by atoms with Crippen LogP contribution in [0.4, 0.5) is 5.69 Å². The van der Waals surface area contributed by atoms with Crippen molar-refractivity contribution in [2.45, 2.75) is 18.0 Å². The van der Waals surface area contributed by atoms with Crippen LogP contribution in [-0.4, -0.2) is 40.1 Å². The lowest BCUT2D eigenvalue weighted by Gasteiger charge is -2.08. The lowest BCUT2D eigenvalue weighted by Crippen LogP contribution is -2.14. The van der Waals surface area contributed by atoms with Gasteiger partial charge in [-0.1, -0.05) is 41.0 Å². The molecule has 31 heavy (non-hydrogen) atoms. The van der Waals surface area contributed by atoms with Gasteiger partial charge in [0.15, 0.2) is 5.16 Å². The molecular weight excluding hydrogens is 459 g/mol. The first-order valence-corrected chi connectivity index (χ1v) is 11.2. The Kier molecular flexibility index (Phi) is 8.45. The van der Waals surface area contributed by atoms with Crippen molar-refractivity contribution >= 4 is 46.6 Å². The summed E-state index contributed by atoms with van der Waals surface area (Å²) in [4.78, 5) is 12.2. The number of amides is 1. The van der Waals surface area contributed by atoms with Crippen molar-refractivity contribution in [1.29, 1.82) is 0 Å². The van der Waals surface area contributed by atoms with Crippen LogP contribution in [0.3, 0.4) is 0 Å². The van der Waals surface area contributed by atoms with Gasteiger partial charge in [-0.3, -0.25) is 4.79 Å². The number of aromatic nitrogens is 3. The molecule has 7 nitrogen and oxygen atoms in total. The number of hydrogen-bond donors (Lipinski definition) is 1. The molecule has 0 unspecified atom stereocenters. The van der Waals surface area contributed by atoms with Crippen molar-refractivity contribution in [2.24, 2.45) is 7.05 Å². The highest BCUT2D eigenvalue weighted by Crippen LogP contribution is 2.27. The Hall–Kier alpha value is -2.42. The Morgan fingerprint density at radius 3 is 2.81 bits per heavy atom. The molecule has 164 valence electrons. The fourth-order valence-electron chi connectivity index (χ4n) is 2.72. The highest BCUT2D eigenvalue weighted by molar-refractivity contribution is 7.99. The second-order valence-electron chi connectivity index (χ2n) is 6.55. The minimum atomic E-state index is -0.129. The number of hydrogen-bond acceptors (Lipinski definition) is 6. The molecule has 0 saturated heterocycles. The van der Waals surface area contributed by atoms with Crippen molar-refractivity contribution in [3.05, 3.63) is 58.3 Å². The molecule has 0 fully saturated rings. The number of carbonyl (C=O) groups excluding carboxylic acids is 1. The monoisotopic (exact) mass is 480 g/mol. The Bertz CT molecular complexity index is 1050. The Morgan fingerprint density at radius 1 is 1.19 bits per heavy atom. The fraction of sp³-hybridized carbons (Fsp3) is 0.286. The van der Waals surface area contributed by atoms with E-state index in [4.69, 9.17) is 32.7 Å². The minimum absolute atomic E-state index is 0.129. The zero-order valence-electron chi connectivity index (χ0n) is 17.1. The van der Waals surface area contributed by atoms with Crippen LogP contribution in [0.25, 0.3) is 0 Å². The van der Waals surface area contributed by atoms with Crippen molar-refractivity contribution in [3.63, 3.8) is 0 Å². The summed E-state index contributed by atoms with van der Waals surface area (Å²) in [5.41, 5.74) is 0.685. The molecule has 2 aromatic carbocycles. The van der Waals surface area contributed by atoms with Gasteiger partial charge >= 0.3 is 0 Å². The Morgan fingerprint density at radius 2 is 2.03 bits per heavy atom. The van der Waals surface area contributed by atoms with Crippen molar-refractivity contribution in [1.82, 2.24) is 14.8 Å². The number of nitrogens with one attached hydrogen (secondary N) is 1. The summed E-state index contributed by atoms with van der Waals surface area (Å²) in [6, 6.07) is 12.3. The van der Waals surface area contributed by atoms with E-state index in [1.807, 2.05) is 29.8 Å². The number of carbonyl (C=O) groups is 1. The molecular formula is C21H22Cl2N4O3S. The number of methoxy groups -OCH3 is 1. The van der Waals surface area contributed by atoms with E-state index >= 15 is 0 Å². The summed E-state index contributed by atoms with van der Waals surface area (Å²) in [7, 11) is 3.47. The van der Waals surface area contributed by atoms with Gasteiger partial charge in [0.05, 0.1) is 24.5 Å². The summed E-state index contributed by atoms with van der Waals surface area (Å²) < 4.78 is 12.7. The molecule has 0 aliphatic rings. The standard InChI is InChI=1S/C21H22Cl2N4O3S/c1-27-19(7-4-10-30-18-9-8-14(22)11-17(18)23)25-26-21(27)31-13-20(28)24-15-5-3-6-16(12-15)29-2/h3,5-6,8-9,11-12H,4,7,10,13H2,1-2H3,(H,24,28). The number of anilines is 1. The van der Waals surface area contributed by atoms with E-state index in [0.29, 0.717) is 45.4 Å². The third-order valence-electron chi connectivity index (χ3n) is 4.31. The zero-order chi connectivity index (χ0) is 22.2. The smallest absolute Gasteiger partial charge is 0.234 e. The number of benzene rings is 2. The van der Waals surface area contributed by atoms with E-state index < -0.39 is 0 Å². The molecule has 3 aromatic rings. The number of aryl methyl sites for hydroxylation is 1. The van der Waals surface area contributed by atoms with Crippen LogP contribution in [-0.2, 0) is 18.3 Å². The molecule has 1 aromatic heterocycles. The highest BCUT2D eigenvalue weighted by Gasteiger charge is 2.12. The largest absolute Gasteiger partial charge is 0.497 e. The summed E-state index contributed by atoms with van der Waals surface area (Å²) in [5, 5.41) is 13.0. The first-order chi connectivity index (χ1) is 15.0. The maximum Gasteiger partial charge on any atom is 0.234 e. The molecule has 0 spiro atoms. The zero-order valence-corrected chi connectivity index (χ0v) is 19.4. The normalized spacial score (nSPS) is 10.7. The molecule has 0 atom stereocenters. The van der Waals surface area contributed by atoms with Gasteiger partial charge in [0, 0.05) is 30.2 Å². The van der Waals surface area contributed by atoms with Gasteiger partial charge < -0.3 is 19.4 Å². The van der Waals surface area contributed by atoms with Crippen molar-refractivity contribution in [2.75, 3.05) is 24.8 Å². The van der Waals surface area contributed by atoms with E-state index in [1.165, 1.54) is 11.8 Å². The topological polar surface area (TPSA) is 78.3 Å². The third kappa shape index (κ3) is 6.78. The van der Waals surface area contributed by atoms with Gasteiger partial charge in [0.1, 0.15) is 17.3 Å². The molecule has 1 heterocycles. The van der Waals surface area contributed by atoms with Crippen LogP contribution < -0.4 is 14.8 Å². The molecule has 10 heteroatoms. The molecule has 0 bridgehead atoms. The van der Waals surface area contributed by atoms with Crippen LogP contribution in [0.15, 0.2) is 47.6 Å². The first kappa shape index (κ1) is 23.2. The number of halogens is 2. The van der Waals surface area contributed by atoms with Crippen LogP contribution in [0.5, 0.6) is 11.5 Å². The second-order valence-corrected chi connectivity index (χ2v) is 8.34. The van der Waals surface area contributed by atoms with Gasteiger partial charge in [0.2, 0.25) is 5.91 Å². The second kappa shape index (κ2) is 11.3. The Labute approximate surface area is 195 Å². The summed E-state index contributed by atoms with van der Waals surface area (Å²) in [5.74, 6) is 2.20. The minimum Gasteiger partial charge on any atom is -0.497 e.